The molecule has 0 amide bonds. The van der Waals surface area contributed by atoms with Crippen LogP contribution in [0.25, 0.3) is 0 Å². The summed E-state index contributed by atoms with van der Waals surface area (Å²) in [4.78, 5) is 0. The van der Waals surface area contributed by atoms with Gasteiger partial charge in [0.05, 0.1) is 27.5 Å². The monoisotopic (exact) mass is 311 g/mol. The first-order valence-electron chi connectivity index (χ1n) is 6.80. The number of hydrogen-bond donors (Lipinski definition) is 1. The van der Waals surface area contributed by atoms with Crippen LogP contribution in [0.1, 0.15) is 36.8 Å². The van der Waals surface area contributed by atoms with Gasteiger partial charge in [-0.05, 0) is 38.1 Å². The smallest absolute Gasteiger partial charge is 0.0763 e. The zero-order chi connectivity index (χ0) is 14.7. The molecule has 1 unspecified atom stereocenters. The number of aryl methyl sites for hydroxylation is 2. The average Bonchev–Trinajstić information content (AvgIpc) is 2.80. The van der Waals surface area contributed by atoms with Crippen LogP contribution in [0.3, 0.4) is 0 Å². The second-order valence-electron chi connectivity index (χ2n) is 4.66. The number of nitrogens with zero attached hydrogens (tertiary/aromatic N) is 2. The average molecular weight is 312 g/mol. The third kappa shape index (κ3) is 3.00. The molecule has 1 heterocycles. The summed E-state index contributed by atoms with van der Waals surface area (Å²) in [6, 6.07) is 7.82. The van der Waals surface area contributed by atoms with Crippen LogP contribution in [0.15, 0.2) is 24.3 Å². The van der Waals surface area contributed by atoms with Gasteiger partial charge in [0.15, 0.2) is 0 Å². The van der Waals surface area contributed by atoms with Gasteiger partial charge in [0, 0.05) is 6.54 Å². The Bertz CT molecular complexity index is 593. The highest BCUT2D eigenvalue weighted by molar-refractivity contribution is 6.42. The number of hydrogen-bond acceptors (Lipinski definition) is 2. The van der Waals surface area contributed by atoms with E-state index in [2.05, 4.69) is 30.3 Å². The zero-order valence-electron chi connectivity index (χ0n) is 12.0. The molecule has 20 heavy (non-hydrogen) atoms. The Morgan fingerprint density at radius 1 is 1.30 bits per heavy atom. The van der Waals surface area contributed by atoms with Gasteiger partial charge in [0.1, 0.15) is 0 Å². The van der Waals surface area contributed by atoms with Crippen molar-refractivity contribution in [1.82, 2.24) is 15.1 Å². The van der Waals surface area contributed by atoms with E-state index < -0.39 is 0 Å². The Balaban J connectivity index is 2.53. The van der Waals surface area contributed by atoms with Gasteiger partial charge in [-0.3, -0.25) is 4.68 Å². The summed E-state index contributed by atoms with van der Waals surface area (Å²) in [7, 11) is 0. The standard InChI is InChI=1S/C15H19Cl2N3/c1-4-18-15(11-7-6-8-12(16)14(11)17)13-9-10(3)19-20(13)5-2/h6-9,15,18H,4-5H2,1-3H3. The first-order chi connectivity index (χ1) is 9.58. The Labute approximate surface area is 129 Å². The number of aromatic nitrogens is 2. The number of halogens is 2. The van der Waals surface area contributed by atoms with E-state index in [1.807, 2.05) is 23.7 Å². The summed E-state index contributed by atoms with van der Waals surface area (Å²) in [5, 5.41) is 9.15. The molecule has 0 spiro atoms. The second kappa shape index (κ2) is 6.61. The summed E-state index contributed by atoms with van der Waals surface area (Å²) in [6.45, 7) is 7.81. The molecule has 0 saturated heterocycles. The van der Waals surface area contributed by atoms with Crippen molar-refractivity contribution in [2.24, 2.45) is 0 Å². The van der Waals surface area contributed by atoms with Gasteiger partial charge in [-0.1, -0.05) is 42.3 Å². The highest BCUT2D eigenvalue weighted by Gasteiger charge is 2.21. The fourth-order valence-corrected chi connectivity index (χ4v) is 2.79. The fraction of sp³-hybridized carbons (Fsp3) is 0.400. The number of rotatable bonds is 5. The summed E-state index contributed by atoms with van der Waals surface area (Å²) in [5.74, 6) is 0. The van der Waals surface area contributed by atoms with E-state index in [9.17, 15) is 0 Å². The Morgan fingerprint density at radius 3 is 2.70 bits per heavy atom. The maximum absolute atomic E-state index is 6.37. The summed E-state index contributed by atoms with van der Waals surface area (Å²) in [6.07, 6.45) is 0. The van der Waals surface area contributed by atoms with Crippen molar-refractivity contribution >= 4 is 23.2 Å². The molecule has 0 aliphatic carbocycles. The summed E-state index contributed by atoms with van der Waals surface area (Å²) in [5.41, 5.74) is 3.09. The first kappa shape index (κ1) is 15.4. The van der Waals surface area contributed by atoms with E-state index in [0.29, 0.717) is 10.0 Å². The molecule has 0 bridgehead atoms. The molecule has 1 aromatic heterocycles. The van der Waals surface area contributed by atoms with E-state index in [1.165, 1.54) is 0 Å². The molecule has 2 rings (SSSR count). The number of nitrogens with one attached hydrogen (secondary N) is 1. The maximum atomic E-state index is 6.37. The SMILES string of the molecule is CCNC(c1cccc(Cl)c1Cl)c1cc(C)nn1CC. The lowest BCUT2D eigenvalue weighted by molar-refractivity contribution is 0.541. The van der Waals surface area contributed by atoms with E-state index in [0.717, 1.165) is 30.0 Å². The minimum atomic E-state index is -0.00708. The van der Waals surface area contributed by atoms with Gasteiger partial charge in [0.2, 0.25) is 0 Å². The Morgan fingerprint density at radius 2 is 2.05 bits per heavy atom. The molecular formula is C15H19Cl2N3. The summed E-state index contributed by atoms with van der Waals surface area (Å²) >= 11 is 12.5. The van der Waals surface area contributed by atoms with Crippen LogP contribution in [0, 0.1) is 6.92 Å². The second-order valence-corrected chi connectivity index (χ2v) is 5.45. The molecular weight excluding hydrogens is 293 g/mol. The molecule has 2 aromatic rings. The fourth-order valence-electron chi connectivity index (χ4n) is 2.37. The van der Waals surface area contributed by atoms with E-state index in [1.54, 1.807) is 6.07 Å². The van der Waals surface area contributed by atoms with Gasteiger partial charge < -0.3 is 5.32 Å². The van der Waals surface area contributed by atoms with Crippen LogP contribution in [0.4, 0.5) is 0 Å². The molecule has 0 saturated carbocycles. The van der Waals surface area contributed by atoms with Gasteiger partial charge in [0.25, 0.3) is 0 Å². The molecule has 108 valence electrons. The van der Waals surface area contributed by atoms with Crippen molar-refractivity contribution in [1.29, 1.82) is 0 Å². The molecule has 0 fully saturated rings. The predicted molar refractivity (Wildman–Crippen MR) is 84.6 cm³/mol. The van der Waals surface area contributed by atoms with Gasteiger partial charge >= 0.3 is 0 Å². The largest absolute Gasteiger partial charge is 0.305 e. The van der Waals surface area contributed by atoms with Gasteiger partial charge in [-0.2, -0.15) is 5.10 Å². The van der Waals surface area contributed by atoms with Crippen LogP contribution in [-0.2, 0) is 6.54 Å². The van der Waals surface area contributed by atoms with Crippen LogP contribution in [-0.4, -0.2) is 16.3 Å². The predicted octanol–water partition coefficient (Wildman–Crippen LogP) is 4.22. The Hall–Kier alpha value is -1.03. The van der Waals surface area contributed by atoms with E-state index in [4.69, 9.17) is 23.2 Å². The molecule has 0 radical (unpaired) electrons. The molecule has 0 aliphatic heterocycles. The highest BCUT2D eigenvalue weighted by atomic mass is 35.5. The lowest BCUT2D eigenvalue weighted by Crippen LogP contribution is -2.25. The highest BCUT2D eigenvalue weighted by Crippen LogP contribution is 2.33. The minimum Gasteiger partial charge on any atom is -0.305 e. The molecule has 0 aliphatic rings. The zero-order valence-corrected chi connectivity index (χ0v) is 13.5. The van der Waals surface area contributed by atoms with Crippen molar-refractivity contribution in [3.8, 4) is 0 Å². The lowest BCUT2D eigenvalue weighted by atomic mass is 10.0. The molecule has 1 aromatic carbocycles. The first-order valence-corrected chi connectivity index (χ1v) is 7.55. The minimum absolute atomic E-state index is 0.00708. The number of benzene rings is 1. The van der Waals surface area contributed by atoms with Crippen molar-refractivity contribution in [2.75, 3.05) is 6.54 Å². The quantitative estimate of drug-likeness (QED) is 0.896. The third-order valence-corrected chi connectivity index (χ3v) is 4.06. The van der Waals surface area contributed by atoms with Crippen LogP contribution in [0.5, 0.6) is 0 Å². The van der Waals surface area contributed by atoms with Gasteiger partial charge in [-0.25, -0.2) is 0 Å². The van der Waals surface area contributed by atoms with E-state index in [-0.39, 0.29) is 6.04 Å². The molecule has 5 heteroatoms. The molecule has 1 N–H and O–H groups in total. The van der Waals surface area contributed by atoms with Crippen molar-refractivity contribution < 1.29 is 0 Å². The van der Waals surface area contributed by atoms with Crippen LogP contribution in [0.2, 0.25) is 10.0 Å². The van der Waals surface area contributed by atoms with Crippen LogP contribution >= 0.6 is 23.2 Å². The van der Waals surface area contributed by atoms with Gasteiger partial charge in [-0.15, -0.1) is 0 Å². The Kier molecular flexibility index (Phi) is 5.08. The third-order valence-electron chi connectivity index (χ3n) is 3.23. The normalized spacial score (nSPS) is 12.7. The maximum Gasteiger partial charge on any atom is 0.0763 e. The molecule has 1 atom stereocenters. The topological polar surface area (TPSA) is 29.9 Å². The van der Waals surface area contributed by atoms with Crippen molar-refractivity contribution in [3.05, 3.63) is 51.3 Å². The summed E-state index contributed by atoms with van der Waals surface area (Å²) < 4.78 is 2.00. The van der Waals surface area contributed by atoms with E-state index >= 15 is 0 Å². The van der Waals surface area contributed by atoms with Crippen molar-refractivity contribution in [2.45, 2.75) is 33.4 Å². The van der Waals surface area contributed by atoms with Crippen molar-refractivity contribution in [3.63, 3.8) is 0 Å². The van der Waals surface area contributed by atoms with Crippen LogP contribution < -0.4 is 5.32 Å². The molecule has 3 nitrogen and oxygen atoms in total. The lowest BCUT2D eigenvalue weighted by Gasteiger charge is -2.21.